The second-order valence-electron chi connectivity index (χ2n) is 5.73. The van der Waals surface area contributed by atoms with Crippen molar-refractivity contribution in [1.29, 1.82) is 0 Å². The van der Waals surface area contributed by atoms with Crippen LogP contribution in [0.5, 0.6) is 5.75 Å². The Bertz CT molecular complexity index is 838. The van der Waals surface area contributed by atoms with Gasteiger partial charge in [-0.15, -0.1) is 0 Å². The number of rotatable bonds is 5. The molecule has 0 spiro atoms. The zero-order valence-corrected chi connectivity index (χ0v) is 14.1. The highest BCUT2D eigenvalue weighted by atomic mass is 16.5. The van der Waals surface area contributed by atoms with Crippen LogP contribution < -0.4 is 10.1 Å². The fourth-order valence-corrected chi connectivity index (χ4v) is 2.64. The van der Waals surface area contributed by atoms with E-state index < -0.39 is 0 Å². The number of ether oxygens (including phenoxy) is 1. The van der Waals surface area contributed by atoms with Crippen molar-refractivity contribution in [2.75, 3.05) is 11.9 Å². The summed E-state index contributed by atoms with van der Waals surface area (Å²) in [6, 6.07) is 8.22. The Hall–Kier alpha value is -2.56. The van der Waals surface area contributed by atoms with E-state index in [1.807, 2.05) is 36.6 Å². The number of hydrogen-bond acceptors (Lipinski definition) is 4. The molecule has 1 aromatic carbocycles. The van der Waals surface area contributed by atoms with Gasteiger partial charge in [-0.25, -0.2) is 9.97 Å². The number of hydrogen-bond donors (Lipinski definition) is 1. The van der Waals surface area contributed by atoms with Gasteiger partial charge in [-0.1, -0.05) is 6.07 Å². The van der Waals surface area contributed by atoms with Crippen LogP contribution in [0.1, 0.15) is 29.6 Å². The second-order valence-corrected chi connectivity index (χ2v) is 5.73. The van der Waals surface area contributed by atoms with Gasteiger partial charge in [0.15, 0.2) is 0 Å². The number of anilines is 1. The highest BCUT2D eigenvalue weighted by Gasteiger charge is 2.08. The molecule has 0 aliphatic heterocycles. The molecule has 120 valence electrons. The van der Waals surface area contributed by atoms with Crippen LogP contribution in [0.2, 0.25) is 0 Å². The zero-order valence-electron chi connectivity index (χ0n) is 14.1. The van der Waals surface area contributed by atoms with Crippen LogP contribution in [0, 0.1) is 20.8 Å². The van der Waals surface area contributed by atoms with E-state index in [9.17, 15) is 0 Å². The van der Waals surface area contributed by atoms with Crippen LogP contribution in [0.25, 0.3) is 5.78 Å². The smallest absolute Gasteiger partial charge is 0.234 e. The summed E-state index contributed by atoms with van der Waals surface area (Å²) in [7, 11) is 0. The van der Waals surface area contributed by atoms with E-state index in [-0.39, 0.29) is 0 Å². The summed E-state index contributed by atoms with van der Waals surface area (Å²) in [5.74, 6) is 1.62. The molecular weight excluding hydrogens is 288 g/mol. The van der Waals surface area contributed by atoms with E-state index in [4.69, 9.17) is 4.74 Å². The molecule has 0 aliphatic rings. The van der Waals surface area contributed by atoms with Crippen LogP contribution >= 0.6 is 0 Å². The average molecular weight is 310 g/mol. The minimum absolute atomic E-state index is 0.630. The maximum atomic E-state index is 5.70. The summed E-state index contributed by atoms with van der Waals surface area (Å²) in [6.45, 7) is 9.38. The van der Waals surface area contributed by atoms with E-state index in [2.05, 4.69) is 41.3 Å². The molecular formula is C18H22N4O. The Labute approximate surface area is 136 Å². The Kier molecular flexibility index (Phi) is 4.19. The number of aromatic nitrogens is 3. The average Bonchev–Trinajstić information content (AvgIpc) is 2.90. The van der Waals surface area contributed by atoms with Crippen molar-refractivity contribution in [3.8, 4) is 5.75 Å². The van der Waals surface area contributed by atoms with Crippen molar-refractivity contribution in [2.24, 2.45) is 0 Å². The molecule has 5 heteroatoms. The molecule has 3 aromatic rings. The van der Waals surface area contributed by atoms with Gasteiger partial charge in [-0.2, -0.15) is 0 Å². The van der Waals surface area contributed by atoms with Crippen molar-refractivity contribution >= 4 is 11.5 Å². The minimum atomic E-state index is 0.630. The highest BCUT2D eigenvalue weighted by molar-refractivity contribution is 5.57. The van der Waals surface area contributed by atoms with E-state index in [1.54, 1.807) is 0 Å². The number of aryl methyl sites for hydroxylation is 3. The SMILES string of the molecule is CCOc1cc(C)ccc1NCc1cn2c(C)cc(C)nc2n1. The third-order valence-electron chi connectivity index (χ3n) is 3.71. The summed E-state index contributed by atoms with van der Waals surface area (Å²) in [5.41, 5.74) is 5.24. The second kappa shape index (κ2) is 6.28. The van der Waals surface area contributed by atoms with Crippen molar-refractivity contribution in [3.05, 3.63) is 53.1 Å². The molecule has 0 aliphatic carbocycles. The first-order valence-electron chi connectivity index (χ1n) is 7.86. The third-order valence-corrected chi connectivity index (χ3v) is 3.71. The quantitative estimate of drug-likeness (QED) is 0.781. The van der Waals surface area contributed by atoms with Gasteiger partial charge in [0.1, 0.15) is 5.75 Å². The largest absolute Gasteiger partial charge is 0.492 e. The molecule has 5 nitrogen and oxygen atoms in total. The molecule has 0 bridgehead atoms. The number of fused-ring (bicyclic) bond motifs is 1. The lowest BCUT2D eigenvalue weighted by molar-refractivity contribution is 0.341. The number of imidazole rings is 1. The molecule has 2 heterocycles. The maximum Gasteiger partial charge on any atom is 0.234 e. The van der Waals surface area contributed by atoms with E-state index in [0.717, 1.165) is 34.3 Å². The first kappa shape index (κ1) is 15.3. The predicted octanol–water partition coefficient (Wildman–Crippen LogP) is 3.67. The van der Waals surface area contributed by atoms with Gasteiger partial charge in [-0.3, -0.25) is 4.40 Å². The van der Waals surface area contributed by atoms with Gasteiger partial charge in [0, 0.05) is 17.6 Å². The standard InChI is InChI=1S/C18H22N4O/c1-5-23-17-8-12(2)6-7-16(17)19-10-15-11-22-14(4)9-13(3)20-18(22)21-15/h6-9,11,19H,5,10H2,1-4H3. The number of nitrogens with one attached hydrogen (secondary N) is 1. The molecule has 0 fully saturated rings. The Morgan fingerprint density at radius 1 is 1.13 bits per heavy atom. The summed E-state index contributed by atoms with van der Waals surface area (Å²) in [6.07, 6.45) is 2.03. The van der Waals surface area contributed by atoms with Crippen molar-refractivity contribution in [2.45, 2.75) is 34.2 Å². The van der Waals surface area contributed by atoms with Crippen LogP contribution in [-0.2, 0) is 6.54 Å². The fraction of sp³-hybridized carbons (Fsp3) is 0.333. The number of benzene rings is 1. The Morgan fingerprint density at radius 3 is 2.74 bits per heavy atom. The molecule has 0 saturated heterocycles. The molecule has 3 rings (SSSR count). The zero-order chi connectivity index (χ0) is 16.4. The van der Waals surface area contributed by atoms with Gasteiger partial charge < -0.3 is 10.1 Å². The molecule has 2 aromatic heterocycles. The lowest BCUT2D eigenvalue weighted by Gasteiger charge is -2.12. The van der Waals surface area contributed by atoms with Gasteiger partial charge in [0.2, 0.25) is 5.78 Å². The molecule has 0 amide bonds. The monoisotopic (exact) mass is 310 g/mol. The fourth-order valence-electron chi connectivity index (χ4n) is 2.64. The lowest BCUT2D eigenvalue weighted by atomic mass is 10.2. The molecule has 0 unspecified atom stereocenters. The van der Waals surface area contributed by atoms with E-state index in [1.165, 1.54) is 5.56 Å². The highest BCUT2D eigenvalue weighted by Crippen LogP contribution is 2.26. The van der Waals surface area contributed by atoms with Crippen molar-refractivity contribution < 1.29 is 4.74 Å². The summed E-state index contributed by atoms with van der Waals surface area (Å²) in [4.78, 5) is 9.06. The topological polar surface area (TPSA) is 51.5 Å². The van der Waals surface area contributed by atoms with Crippen LogP contribution in [0.15, 0.2) is 30.5 Å². The van der Waals surface area contributed by atoms with E-state index in [0.29, 0.717) is 13.2 Å². The molecule has 23 heavy (non-hydrogen) atoms. The molecule has 0 radical (unpaired) electrons. The van der Waals surface area contributed by atoms with Crippen LogP contribution in [-0.4, -0.2) is 21.0 Å². The molecule has 1 N–H and O–H groups in total. The normalized spacial score (nSPS) is 11.0. The van der Waals surface area contributed by atoms with Gasteiger partial charge in [0.25, 0.3) is 0 Å². The van der Waals surface area contributed by atoms with Crippen LogP contribution in [0.3, 0.4) is 0 Å². The first-order chi connectivity index (χ1) is 11.1. The van der Waals surface area contributed by atoms with Crippen LogP contribution in [0.4, 0.5) is 5.69 Å². The molecule has 0 atom stereocenters. The molecule has 0 saturated carbocycles. The van der Waals surface area contributed by atoms with Crippen molar-refractivity contribution in [1.82, 2.24) is 14.4 Å². The third kappa shape index (κ3) is 3.28. The summed E-state index contributed by atoms with van der Waals surface area (Å²) >= 11 is 0. The summed E-state index contributed by atoms with van der Waals surface area (Å²) < 4.78 is 7.72. The Morgan fingerprint density at radius 2 is 1.96 bits per heavy atom. The van der Waals surface area contributed by atoms with Gasteiger partial charge in [0.05, 0.1) is 24.5 Å². The van der Waals surface area contributed by atoms with E-state index >= 15 is 0 Å². The lowest BCUT2D eigenvalue weighted by Crippen LogP contribution is -2.03. The minimum Gasteiger partial charge on any atom is -0.492 e. The predicted molar refractivity (Wildman–Crippen MR) is 92.1 cm³/mol. The Balaban J connectivity index is 1.82. The van der Waals surface area contributed by atoms with Gasteiger partial charge >= 0.3 is 0 Å². The number of nitrogens with zero attached hydrogens (tertiary/aromatic N) is 3. The summed E-state index contributed by atoms with van der Waals surface area (Å²) in [5, 5.41) is 3.41. The first-order valence-corrected chi connectivity index (χ1v) is 7.86. The maximum absolute atomic E-state index is 5.70. The van der Waals surface area contributed by atoms with Crippen molar-refractivity contribution in [3.63, 3.8) is 0 Å². The van der Waals surface area contributed by atoms with Gasteiger partial charge in [-0.05, 0) is 51.5 Å².